The number of carbonyl (C=O) groups is 1. The van der Waals surface area contributed by atoms with Crippen LogP contribution in [-0.2, 0) is 9.53 Å². The van der Waals surface area contributed by atoms with Crippen molar-refractivity contribution in [2.75, 3.05) is 11.5 Å². The monoisotopic (exact) mass is 522 g/mol. The Balaban J connectivity index is 1.61. The van der Waals surface area contributed by atoms with Gasteiger partial charge in [-0.05, 0) is 60.7 Å². The molecule has 8 nitrogen and oxygen atoms in total. The van der Waals surface area contributed by atoms with Crippen molar-refractivity contribution in [3.05, 3.63) is 105 Å². The fourth-order valence-corrected chi connectivity index (χ4v) is 4.06. The Morgan fingerprint density at radius 3 is 2.29 bits per heavy atom. The van der Waals surface area contributed by atoms with Crippen LogP contribution in [0.15, 0.2) is 83.5 Å². The van der Waals surface area contributed by atoms with Gasteiger partial charge in [0.2, 0.25) is 0 Å². The summed E-state index contributed by atoms with van der Waals surface area (Å²) >= 11 is 3.42. The first kappa shape index (κ1) is 21.9. The number of anilines is 1. The number of nitrogens with zero attached hydrogens (tertiary/aromatic N) is 4. The number of hydrogen-bond donors (Lipinski definition) is 0. The Bertz CT molecular complexity index is 1370. The number of nitro groups is 1. The third-order valence-electron chi connectivity index (χ3n) is 5.42. The molecule has 1 saturated heterocycles. The maximum Gasteiger partial charge on any atom is 0.269 e. The van der Waals surface area contributed by atoms with Crippen molar-refractivity contribution in [1.29, 1.82) is 0 Å². The van der Waals surface area contributed by atoms with Gasteiger partial charge in [-0.15, -0.1) is 0 Å². The van der Waals surface area contributed by atoms with E-state index < -0.39 is 11.2 Å². The molecular weight excluding hydrogens is 507 g/mol. The van der Waals surface area contributed by atoms with E-state index in [0.29, 0.717) is 22.5 Å². The van der Waals surface area contributed by atoms with Crippen LogP contribution < -0.4 is 4.90 Å². The molecule has 34 heavy (non-hydrogen) atoms. The van der Waals surface area contributed by atoms with Gasteiger partial charge in [0.1, 0.15) is 18.1 Å². The molecule has 0 radical (unpaired) electrons. The molecular formula is C24H16BrFN4O4. The summed E-state index contributed by atoms with van der Waals surface area (Å²) in [6.07, 6.45) is 0.946. The molecule has 0 aliphatic carbocycles. The minimum absolute atomic E-state index is 0.0806. The molecule has 1 unspecified atom stereocenters. The van der Waals surface area contributed by atoms with Crippen molar-refractivity contribution in [2.45, 2.75) is 6.23 Å². The number of hydrogen-bond acceptors (Lipinski definition) is 5. The maximum absolute atomic E-state index is 13.6. The lowest BCUT2D eigenvalue weighted by atomic mass is 10.1. The topological polar surface area (TPSA) is 90.5 Å². The Kier molecular flexibility index (Phi) is 5.68. The van der Waals surface area contributed by atoms with E-state index in [2.05, 4.69) is 15.9 Å². The standard InChI is InChI=1S/C24H16BrFN4O4/c25-16-3-7-18(8-4-16)28-13-21(23(27-28)15-1-5-17(26)6-2-15)24-29(22(31)14-34-24)19-9-11-20(12-10-19)30(32)33/h1-13,24H,14H2. The van der Waals surface area contributed by atoms with Gasteiger partial charge in [0, 0.05) is 39.6 Å². The predicted octanol–water partition coefficient (Wildman–Crippen LogP) is 5.41. The second-order valence-corrected chi connectivity index (χ2v) is 8.48. The van der Waals surface area contributed by atoms with E-state index in [-0.39, 0.29) is 24.0 Å². The zero-order chi connectivity index (χ0) is 23.8. The lowest BCUT2D eigenvalue weighted by Crippen LogP contribution is -2.28. The quantitative estimate of drug-likeness (QED) is 0.258. The van der Waals surface area contributed by atoms with E-state index in [9.17, 15) is 19.3 Å². The van der Waals surface area contributed by atoms with Crippen LogP contribution in [0, 0.1) is 15.9 Å². The number of aromatic nitrogens is 2. The summed E-state index contributed by atoms with van der Waals surface area (Å²) in [5.74, 6) is -0.669. The van der Waals surface area contributed by atoms with Gasteiger partial charge in [0.15, 0.2) is 6.23 Å². The first-order chi connectivity index (χ1) is 16.4. The SMILES string of the molecule is O=C1COC(c2cn(-c3ccc(Br)cc3)nc2-c2ccc(F)cc2)N1c1ccc([N+](=O)[O-])cc1. The minimum atomic E-state index is -0.821. The van der Waals surface area contributed by atoms with Gasteiger partial charge in [-0.1, -0.05) is 15.9 Å². The van der Waals surface area contributed by atoms with Crippen molar-refractivity contribution in [1.82, 2.24) is 9.78 Å². The summed E-state index contributed by atoms with van der Waals surface area (Å²) in [4.78, 5) is 24.7. The highest BCUT2D eigenvalue weighted by atomic mass is 79.9. The van der Waals surface area contributed by atoms with Crippen molar-refractivity contribution < 1.29 is 18.8 Å². The van der Waals surface area contributed by atoms with Gasteiger partial charge in [0.05, 0.1) is 10.6 Å². The van der Waals surface area contributed by atoms with E-state index in [0.717, 1.165) is 10.2 Å². The van der Waals surface area contributed by atoms with E-state index in [1.165, 1.54) is 41.3 Å². The highest BCUT2D eigenvalue weighted by molar-refractivity contribution is 9.10. The molecule has 0 spiro atoms. The average molecular weight is 523 g/mol. The fraction of sp³-hybridized carbons (Fsp3) is 0.0833. The zero-order valence-electron chi connectivity index (χ0n) is 17.5. The van der Waals surface area contributed by atoms with Gasteiger partial charge in [-0.2, -0.15) is 5.10 Å². The number of benzene rings is 3. The zero-order valence-corrected chi connectivity index (χ0v) is 19.1. The number of amides is 1. The molecule has 0 bridgehead atoms. The molecule has 1 aromatic heterocycles. The number of ether oxygens (including phenoxy) is 1. The summed E-state index contributed by atoms with van der Waals surface area (Å²) in [5.41, 5.74) is 2.93. The minimum Gasteiger partial charge on any atom is -0.344 e. The Morgan fingerprint density at radius 1 is 1.00 bits per heavy atom. The highest BCUT2D eigenvalue weighted by Crippen LogP contribution is 2.38. The molecule has 5 rings (SSSR count). The Labute approximate surface area is 201 Å². The normalized spacial score (nSPS) is 15.6. The van der Waals surface area contributed by atoms with Gasteiger partial charge in [0.25, 0.3) is 11.6 Å². The van der Waals surface area contributed by atoms with Crippen LogP contribution in [0.2, 0.25) is 0 Å². The molecule has 0 N–H and O–H groups in total. The van der Waals surface area contributed by atoms with Crippen LogP contribution >= 0.6 is 15.9 Å². The molecule has 1 atom stereocenters. The average Bonchev–Trinajstić information content (AvgIpc) is 3.44. The van der Waals surface area contributed by atoms with Gasteiger partial charge < -0.3 is 4.74 Å². The number of rotatable bonds is 5. The van der Waals surface area contributed by atoms with Gasteiger partial charge >= 0.3 is 0 Å². The largest absolute Gasteiger partial charge is 0.344 e. The van der Waals surface area contributed by atoms with Gasteiger partial charge in [-0.25, -0.2) is 9.07 Å². The summed E-state index contributed by atoms with van der Waals surface area (Å²) in [6, 6.07) is 19.1. The molecule has 1 amide bonds. The van der Waals surface area contributed by atoms with Crippen molar-refractivity contribution in [3.8, 4) is 16.9 Å². The van der Waals surface area contributed by atoms with E-state index in [1.54, 1.807) is 23.0 Å². The summed E-state index contributed by atoms with van der Waals surface area (Å²) < 4.78 is 22.0. The van der Waals surface area contributed by atoms with Crippen LogP contribution in [0.5, 0.6) is 0 Å². The van der Waals surface area contributed by atoms with E-state index in [4.69, 9.17) is 9.84 Å². The maximum atomic E-state index is 13.6. The summed E-state index contributed by atoms with van der Waals surface area (Å²) in [6.45, 7) is -0.159. The first-order valence-electron chi connectivity index (χ1n) is 10.2. The lowest BCUT2D eigenvalue weighted by Gasteiger charge is -2.23. The van der Waals surface area contributed by atoms with Crippen LogP contribution in [0.4, 0.5) is 15.8 Å². The molecule has 1 fully saturated rings. The van der Waals surface area contributed by atoms with Crippen LogP contribution in [0.1, 0.15) is 11.8 Å². The Morgan fingerprint density at radius 2 is 1.65 bits per heavy atom. The van der Waals surface area contributed by atoms with Crippen LogP contribution in [0.3, 0.4) is 0 Å². The molecule has 170 valence electrons. The van der Waals surface area contributed by atoms with Gasteiger partial charge in [-0.3, -0.25) is 19.8 Å². The predicted molar refractivity (Wildman–Crippen MR) is 126 cm³/mol. The Hall–Kier alpha value is -3.89. The van der Waals surface area contributed by atoms with Crippen LogP contribution in [-0.4, -0.2) is 27.2 Å². The van der Waals surface area contributed by atoms with E-state index >= 15 is 0 Å². The second kappa shape index (κ2) is 8.81. The number of non-ortho nitro benzene ring substituents is 1. The fourth-order valence-electron chi connectivity index (χ4n) is 3.79. The molecule has 2 heterocycles. The molecule has 1 aliphatic heterocycles. The molecule has 3 aromatic carbocycles. The summed E-state index contributed by atoms with van der Waals surface area (Å²) in [7, 11) is 0. The molecule has 4 aromatic rings. The number of halogens is 2. The summed E-state index contributed by atoms with van der Waals surface area (Å²) in [5, 5.41) is 15.7. The molecule has 0 saturated carbocycles. The van der Waals surface area contributed by atoms with Crippen molar-refractivity contribution >= 4 is 33.2 Å². The second-order valence-electron chi connectivity index (χ2n) is 7.56. The third-order valence-corrected chi connectivity index (χ3v) is 5.95. The van der Waals surface area contributed by atoms with Crippen molar-refractivity contribution in [2.24, 2.45) is 0 Å². The van der Waals surface area contributed by atoms with Crippen LogP contribution in [0.25, 0.3) is 16.9 Å². The molecule has 10 heteroatoms. The highest BCUT2D eigenvalue weighted by Gasteiger charge is 2.37. The lowest BCUT2D eigenvalue weighted by molar-refractivity contribution is -0.384. The number of nitro benzene ring substituents is 1. The molecule has 1 aliphatic rings. The third kappa shape index (κ3) is 4.09. The van der Waals surface area contributed by atoms with E-state index in [1.807, 2.05) is 24.3 Å². The number of carbonyl (C=O) groups excluding carboxylic acids is 1. The van der Waals surface area contributed by atoms with Crippen molar-refractivity contribution in [3.63, 3.8) is 0 Å². The first-order valence-corrected chi connectivity index (χ1v) is 11.0. The smallest absolute Gasteiger partial charge is 0.269 e.